The summed E-state index contributed by atoms with van der Waals surface area (Å²) in [6.07, 6.45) is 0. The summed E-state index contributed by atoms with van der Waals surface area (Å²) in [6, 6.07) is 11.2. The number of nitrogens with two attached hydrogens (primary N) is 1. The molecular formula is C11H11N3OS. The zero-order chi connectivity index (χ0) is 11.4. The molecule has 0 fully saturated rings. The fourth-order valence-electron chi connectivity index (χ4n) is 1.27. The summed E-state index contributed by atoms with van der Waals surface area (Å²) < 4.78 is 0. The van der Waals surface area contributed by atoms with Gasteiger partial charge in [0.25, 0.3) is 5.56 Å². The highest BCUT2D eigenvalue weighted by atomic mass is 32.2. The Hall–Kier alpha value is -1.75. The largest absolute Gasteiger partial charge is 0.383 e. The van der Waals surface area contributed by atoms with E-state index >= 15 is 0 Å². The summed E-state index contributed by atoms with van der Waals surface area (Å²) in [5.74, 6) is 1.45. The summed E-state index contributed by atoms with van der Waals surface area (Å²) in [6.45, 7) is 0. The average Bonchev–Trinajstić information content (AvgIpc) is 2.27. The van der Waals surface area contributed by atoms with Crippen molar-refractivity contribution < 1.29 is 0 Å². The molecule has 1 aromatic heterocycles. The highest BCUT2D eigenvalue weighted by Gasteiger charge is 1.99. The lowest BCUT2D eigenvalue weighted by Gasteiger charge is -2.01. The van der Waals surface area contributed by atoms with Gasteiger partial charge in [0.1, 0.15) is 11.6 Å². The first-order chi connectivity index (χ1) is 7.74. The maximum atomic E-state index is 11.1. The van der Waals surface area contributed by atoms with Gasteiger partial charge < -0.3 is 10.7 Å². The third-order valence-corrected chi connectivity index (χ3v) is 2.95. The average molecular weight is 233 g/mol. The van der Waals surface area contributed by atoms with Gasteiger partial charge in [-0.2, -0.15) is 0 Å². The minimum absolute atomic E-state index is 0.212. The van der Waals surface area contributed by atoms with E-state index in [0.29, 0.717) is 11.6 Å². The topological polar surface area (TPSA) is 71.8 Å². The van der Waals surface area contributed by atoms with Crippen molar-refractivity contribution >= 4 is 17.6 Å². The number of anilines is 1. The number of benzene rings is 1. The Balaban J connectivity index is 2.08. The molecule has 0 atom stereocenters. The third kappa shape index (κ3) is 2.87. The lowest BCUT2D eigenvalue weighted by atomic mass is 10.4. The molecule has 0 radical (unpaired) electrons. The molecule has 0 saturated carbocycles. The van der Waals surface area contributed by atoms with Crippen LogP contribution in [0.15, 0.2) is 46.1 Å². The van der Waals surface area contributed by atoms with E-state index in [0.717, 1.165) is 4.90 Å². The molecule has 0 aliphatic rings. The minimum atomic E-state index is -0.212. The fourth-order valence-corrected chi connectivity index (χ4v) is 2.06. The van der Waals surface area contributed by atoms with Crippen molar-refractivity contribution in [2.24, 2.45) is 0 Å². The van der Waals surface area contributed by atoms with Gasteiger partial charge in [-0.15, -0.1) is 11.8 Å². The summed E-state index contributed by atoms with van der Waals surface area (Å²) >= 11 is 1.60. The van der Waals surface area contributed by atoms with Gasteiger partial charge in [0.15, 0.2) is 0 Å². The van der Waals surface area contributed by atoms with E-state index in [-0.39, 0.29) is 11.4 Å². The lowest BCUT2D eigenvalue weighted by Crippen LogP contribution is -2.11. The summed E-state index contributed by atoms with van der Waals surface area (Å²) in [7, 11) is 0. The Labute approximate surface area is 96.9 Å². The Morgan fingerprint density at radius 1 is 1.31 bits per heavy atom. The van der Waals surface area contributed by atoms with E-state index in [9.17, 15) is 4.79 Å². The molecule has 0 amide bonds. The van der Waals surface area contributed by atoms with Crippen LogP contribution in [0.1, 0.15) is 5.82 Å². The van der Waals surface area contributed by atoms with Crippen LogP contribution in [-0.2, 0) is 5.75 Å². The van der Waals surface area contributed by atoms with Crippen LogP contribution >= 0.6 is 11.8 Å². The van der Waals surface area contributed by atoms with Gasteiger partial charge in [0.05, 0.1) is 5.75 Å². The molecule has 16 heavy (non-hydrogen) atoms. The van der Waals surface area contributed by atoms with E-state index in [4.69, 9.17) is 5.73 Å². The van der Waals surface area contributed by atoms with Crippen LogP contribution < -0.4 is 11.3 Å². The van der Waals surface area contributed by atoms with Crippen molar-refractivity contribution in [3.05, 3.63) is 52.6 Å². The number of aromatic amines is 1. The van der Waals surface area contributed by atoms with Gasteiger partial charge in [-0.3, -0.25) is 4.79 Å². The summed E-state index contributed by atoms with van der Waals surface area (Å²) in [5, 5.41) is 0. The molecule has 1 aromatic carbocycles. The van der Waals surface area contributed by atoms with E-state index in [2.05, 4.69) is 9.97 Å². The van der Waals surface area contributed by atoms with Crippen molar-refractivity contribution in [1.82, 2.24) is 9.97 Å². The van der Waals surface area contributed by atoms with Gasteiger partial charge in [0, 0.05) is 11.0 Å². The standard InChI is InChI=1S/C11H11N3OS/c12-9-6-11(15)14-10(13-9)7-16-8-4-2-1-3-5-8/h1-6H,7H2,(H3,12,13,14,15). The van der Waals surface area contributed by atoms with Crippen LogP contribution in [0.25, 0.3) is 0 Å². The first kappa shape index (κ1) is 10.8. The normalized spacial score (nSPS) is 10.2. The summed E-state index contributed by atoms with van der Waals surface area (Å²) in [4.78, 5) is 19.0. The van der Waals surface area contributed by atoms with Crippen LogP contribution in [0.4, 0.5) is 5.82 Å². The SMILES string of the molecule is Nc1cc(=O)[nH]c(CSc2ccccc2)n1. The molecule has 2 rings (SSSR count). The van der Waals surface area contributed by atoms with Gasteiger partial charge in [-0.25, -0.2) is 4.98 Å². The number of nitrogens with zero attached hydrogens (tertiary/aromatic N) is 1. The zero-order valence-electron chi connectivity index (χ0n) is 8.51. The first-order valence-electron chi connectivity index (χ1n) is 4.77. The number of aromatic nitrogens is 2. The Morgan fingerprint density at radius 2 is 2.06 bits per heavy atom. The molecule has 3 N–H and O–H groups in total. The molecule has 1 heterocycles. The van der Waals surface area contributed by atoms with Crippen molar-refractivity contribution in [1.29, 1.82) is 0 Å². The van der Waals surface area contributed by atoms with Gasteiger partial charge in [-0.1, -0.05) is 18.2 Å². The second kappa shape index (κ2) is 4.85. The molecular weight excluding hydrogens is 222 g/mol. The second-order valence-corrected chi connectivity index (χ2v) is 4.27. The minimum Gasteiger partial charge on any atom is -0.383 e. The molecule has 0 aliphatic carbocycles. The fraction of sp³-hybridized carbons (Fsp3) is 0.0909. The van der Waals surface area contributed by atoms with Crippen LogP contribution in [0.3, 0.4) is 0 Å². The molecule has 2 aromatic rings. The second-order valence-electron chi connectivity index (χ2n) is 3.22. The molecule has 0 saturated heterocycles. The van der Waals surface area contributed by atoms with Gasteiger partial charge >= 0.3 is 0 Å². The summed E-state index contributed by atoms with van der Waals surface area (Å²) in [5.41, 5.74) is 5.28. The molecule has 0 aliphatic heterocycles. The van der Waals surface area contributed by atoms with E-state index in [1.165, 1.54) is 6.07 Å². The molecule has 82 valence electrons. The zero-order valence-corrected chi connectivity index (χ0v) is 9.33. The third-order valence-electron chi connectivity index (χ3n) is 1.93. The number of thioether (sulfide) groups is 1. The Kier molecular flexibility index (Phi) is 3.26. The molecule has 0 unspecified atom stereocenters. The van der Waals surface area contributed by atoms with Gasteiger partial charge in [-0.05, 0) is 12.1 Å². The van der Waals surface area contributed by atoms with Crippen molar-refractivity contribution in [3.8, 4) is 0 Å². The number of H-pyrrole nitrogens is 1. The number of nitrogens with one attached hydrogen (secondary N) is 1. The highest BCUT2D eigenvalue weighted by molar-refractivity contribution is 7.98. The van der Waals surface area contributed by atoms with Crippen LogP contribution in [-0.4, -0.2) is 9.97 Å². The van der Waals surface area contributed by atoms with E-state index in [1.807, 2.05) is 30.3 Å². The number of hydrogen-bond donors (Lipinski definition) is 2. The first-order valence-corrected chi connectivity index (χ1v) is 5.76. The maximum Gasteiger partial charge on any atom is 0.252 e. The lowest BCUT2D eigenvalue weighted by molar-refractivity contribution is 1.01. The van der Waals surface area contributed by atoms with Crippen LogP contribution in [0, 0.1) is 0 Å². The maximum absolute atomic E-state index is 11.1. The monoisotopic (exact) mass is 233 g/mol. The predicted octanol–water partition coefficient (Wildman–Crippen LogP) is 1.64. The Morgan fingerprint density at radius 3 is 2.75 bits per heavy atom. The number of nitrogen functional groups attached to an aromatic ring is 1. The van der Waals surface area contributed by atoms with Crippen molar-refractivity contribution in [3.63, 3.8) is 0 Å². The quantitative estimate of drug-likeness (QED) is 0.791. The molecule has 0 spiro atoms. The smallest absolute Gasteiger partial charge is 0.252 e. The van der Waals surface area contributed by atoms with Crippen LogP contribution in [0.5, 0.6) is 0 Å². The molecule has 5 heteroatoms. The van der Waals surface area contributed by atoms with Crippen molar-refractivity contribution in [2.45, 2.75) is 10.6 Å². The molecule has 4 nitrogen and oxygen atoms in total. The Bertz CT molecular complexity index is 524. The highest BCUT2D eigenvalue weighted by Crippen LogP contribution is 2.20. The van der Waals surface area contributed by atoms with E-state index < -0.39 is 0 Å². The predicted molar refractivity (Wildman–Crippen MR) is 65.3 cm³/mol. The number of hydrogen-bond acceptors (Lipinski definition) is 4. The van der Waals surface area contributed by atoms with Gasteiger partial charge in [0.2, 0.25) is 0 Å². The van der Waals surface area contributed by atoms with Crippen molar-refractivity contribution in [2.75, 3.05) is 5.73 Å². The number of rotatable bonds is 3. The van der Waals surface area contributed by atoms with Crippen LogP contribution in [0.2, 0.25) is 0 Å². The van der Waals surface area contributed by atoms with E-state index in [1.54, 1.807) is 11.8 Å². The molecule has 0 bridgehead atoms.